The minimum atomic E-state index is -4.71. The number of aromatic nitrogens is 1. The van der Waals surface area contributed by atoms with Crippen LogP contribution in [0.3, 0.4) is 0 Å². The highest BCUT2D eigenvalue weighted by atomic mass is 32.1. The van der Waals surface area contributed by atoms with E-state index in [0.717, 1.165) is 58.5 Å². The van der Waals surface area contributed by atoms with Gasteiger partial charge in [-0.2, -0.15) is 0 Å². The van der Waals surface area contributed by atoms with Crippen LogP contribution in [0.1, 0.15) is 71.4 Å². The number of nitrogens with zero attached hydrogens (tertiary/aromatic N) is 1. The maximum atomic E-state index is 12.4. The molecule has 0 radical (unpaired) electrons. The predicted molar refractivity (Wildman–Crippen MR) is 179 cm³/mol. The molecule has 4 rings (SSSR count). The van der Waals surface area contributed by atoms with Crippen molar-refractivity contribution in [3.05, 3.63) is 101 Å². The van der Waals surface area contributed by atoms with E-state index in [1.165, 1.54) is 12.1 Å². The first-order chi connectivity index (χ1) is 22.5. The van der Waals surface area contributed by atoms with E-state index in [1.54, 1.807) is 35.6 Å². The SMILES string of the molecule is CCC[C@@H](c1ccc(C(=O)NCCC=O)cc1)[C@H](C)c1ccc(OC(F)(F)F)cc1.CO.Cc1ncc(-c2ccc(NC=O)cc2)s1. The average Bonchev–Trinajstić information content (AvgIpc) is 3.51. The number of hydrogen-bond donors (Lipinski definition) is 3. The molecular weight excluding hydrogens is 631 g/mol. The molecule has 2 atom stereocenters. The number of halogens is 3. The molecule has 0 aliphatic heterocycles. The van der Waals surface area contributed by atoms with Crippen molar-refractivity contribution in [3.63, 3.8) is 0 Å². The molecule has 47 heavy (non-hydrogen) atoms. The fraction of sp³-hybridized carbons (Fsp3) is 0.314. The molecule has 0 aliphatic rings. The third-order valence-corrected chi connectivity index (χ3v) is 7.97. The Balaban J connectivity index is 0.000000375. The maximum Gasteiger partial charge on any atom is 0.573 e. The molecule has 2 amide bonds. The summed E-state index contributed by atoms with van der Waals surface area (Å²) in [6.07, 6.45) is 0.687. The first-order valence-electron chi connectivity index (χ1n) is 14.9. The minimum Gasteiger partial charge on any atom is -0.406 e. The quantitative estimate of drug-likeness (QED) is 0.0983. The summed E-state index contributed by atoms with van der Waals surface area (Å²) < 4.78 is 41.0. The van der Waals surface area contributed by atoms with Crippen molar-refractivity contribution in [1.82, 2.24) is 10.3 Å². The van der Waals surface area contributed by atoms with Gasteiger partial charge < -0.3 is 25.3 Å². The summed E-state index contributed by atoms with van der Waals surface area (Å²) in [7, 11) is 1.00. The number of anilines is 1. The summed E-state index contributed by atoms with van der Waals surface area (Å²) in [6.45, 7) is 6.40. The Morgan fingerprint density at radius 3 is 2.11 bits per heavy atom. The number of aliphatic hydroxyl groups excluding tert-OH is 1. The Bertz CT molecular complexity index is 1510. The molecule has 1 heterocycles. The maximum absolute atomic E-state index is 12.4. The van der Waals surface area contributed by atoms with Crippen LogP contribution in [0.25, 0.3) is 10.4 Å². The van der Waals surface area contributed by atoms with Crippen LogP contribution >= 0.6 is 11.3 Å². The van der Waals surface area contributed by atoms with E-state index >= 15 is 0 Å². The van der Waals surface area contributed by atoms with Crippen molar-refractivity contribution in [2.45, 2.75) is 58.2 Å². The number of hydrogen-bond acceptors (Lipinski definition) is 7. The zero-order chi connectivity index (χ0) is 34.8. The van der Waals surface area contributed by atoms with Crippen LogP contribution in [0.5, 0.6) is 5.75 Å². The Hall–Kier alpha value is -4.55. The van der Waals surface area contributed by atoms with Crippen molar-refractivity contribution in [1.29, 1.82) is 0 Å². The molecule has 0 saturated heterocycles. The van der Waals surface area contributed by atoms with Crippen LogP contribution in [0, 0.1) is 6.92 Å². The Morgan fingerprint density at radius 2 is 1.60 bits per heavy atom. The summed E-state index contributed by atoms with van der Waals surface area (Å²) in [6, 6.07) is 21.0. The molecule has 0 saturated carbocycles. The number of rotatable bonds is 13. The molecule has 0 bridgehead atoms. The number of aliphatic hydroxyl groups is 1. The Morgan fingerprint density at radius 1 is 0.979 bits per heavy atom. The van der Waals surface area contributed by atoms with E-state index in [9.17, 15) is 27.6 Å². The average molecular weight is 672 g/mol. The molecule has 1 aromatic heterocycles. The van der Waals surface area contributed by atoms with Crippen LogP contribution in [-0.2, 0) is 9.59 Å². The predicted octanol–water partition coefficient (Wildman–Crippen LogP) is 7.89. The van der Waals surface area contributed by atoms with E-state index in [-0.39, 0.29) is 29.9 Å². The van der Waals surface area contributed by atoms with Crippen LogP contribution in [0.4, 0.5) is 18.9 Å². The number of carbonyl (C=O) groups is 3. The number of benzene rings is 3. The lowest BCUT2D eigenvalue weighted by Crippen LogP contribution is -2.24. The minimum absolute atomic E-state index is 0.0668. The molecule has 0 aliphatic carbocycles. The van der Waals surface area contributed by atoms with Gasteiger partial charge in [0, 0.05) is 37.5 Å². The first kappa shape index (κ1) is 38.6. The standard InChI is InChI=1S/C23H26F3NO3.C11H10N2OS.CH4O/c1-3-5-21(16(2)17-10-12-20(13-11-17)30-23(24,25)26)18-6-8-19(9-7-18)22(29)27-14-4-15-28;1-8-12-6-11(15-8)9-2-4-10(5-3-9)13-7-14;1-2/h6-13,15-16,21H,3-5,14H2,1-2H3,(H,27,29);2-7H,1H3,(H,13,14);2H,1H3/t16-,21-;;/m1../s1. The molecule has 12 heteroatoms. The van der Waals surface area contributed by atoms with Gasteiger partial charge in [-0.3, -0.25) is 9.59 Å². The lowest BCUT2D eigenvalue weighted by Gasteiger charge is -2.25. The number of aldehydes is 1. The number of thiazole rings is 1. The molecule has 8 nitrogen and oxygen atoms in total. The van der Waals surface area contributed by atoms with Crippen LogP contribution < -0.4 is 15.4 Å². The van der Waals surface area contributed by atoms with Crippen molar-refractivity contribution in [3.8, 4) is 16.2 Å². The van der Waals surface area contributed by atoms with Crippen molar-refractivity contribution in [2.24, 2.45) is 0 Å². The molecule has 3 N–H and O–H groups in total. The molecule has 3 aromatic carbocycles. The lowest BCUT2D eigenvalue weighted by atomic mass is 9.80. The van der Waals surface area contributed by atoms with E-state index < -0.39 is 6.36 Å². The summed E-state index contributed by atoms with van der Waals surface area (Å²) >= 11 is 1.66. The fourth-order valence-electron chi connectivity index (χ4n) is 4.74. The summed E-state index contributed by atoms with van der Waals surface area (Å²) in [5.41, 5.74) is 4.41. The van der Waals surface area contributed by atoms with Crippen molar-refractivity contribution in [2.75, 3.05) is 19.0 Å². The summed E-state index contributed by atoms with van der Waals surface area (Å²) in [5.74, 6) is -0.257. The fourth-order valence-corrected chi connectivity index (χ4v) is 5.53. The molecular formula is C35H40F3N3O5S. The molecule has 0 unspecified atom stereocenters. The first-order valence-corrected chi connectivity index (χ1v) is 15.7. The highest BCUT2D eigenvalue weighted by molar-refractivity contribution is 7.15. The number of aryl methyl sites for hydroxylation is 1. The number of amides is 2. The monoisotopic (exact) mass is 671 g/mol. The normalized spacial score (nSPS) is 11.8. The van der Waals surface area contributed by atoms with E-state index in [0.29, 0.717) is 18.5 Å². The van der Waals surface area contributed by atoms with Crippen LogP contribution in [0.2, 0.25) is 0 Å². The second-order valence-electron chi connectivity index (χ2n) is 10.2. The second-order valence-corrected chi connectivity index (χ2v) is 11.5. The van der Waals surface area contributed by atoms with E-state index in [2.05, 4.69) is 27.3 Å². The largest absolute Gasteiger partial charge is 0.573 e. The van der Waals surface area contributed by atoms with Crippen molar-refractivity contribution >= 4 is 35.6 Å². The second kappa shape index (κ2) is 19.9. The Labute approximate surface area is 277 Å². The van der Waals surface area contributed by atoms with Gasteiger partial charge in [0.05, 0.1) is 9.88 Å². The topological polar surface area (TPSA) is 118 Å². The zero-order valence-corrected chi connectivity index (χ0v) is 27.5. The highest BCUT2D eigenvalue weighted by Gasteiger charge is 2.31. The molecule has 252 valence electrons. The van der Waals surface area contributed by atoms with Crippen LogP contribution in [0.15, 0.2) is 79.0 Å². The highest BCUT2D eigenvalue weighted by Crippen LogP contribution is 2.37. The summed E-state index contributed by atoms with van der Waals surface area (Å²) in [4.78, 5) is 38.0. The number of alkyl halides is 3. The molecule has 4 aromatic rings. The van der Waals surface area contributed by atoms with Gasteiger partial charge in [-0.05, 0) is 78.3 Å². The van der Waals surface area contributed by atoms with Gasteiger partial charge >= 0.3 is 6.36 Å². The van der Waals surface area contributed by atoms with Crippen LogP contribution in [-0.4, -0.2) is 48.7 Å². The number of ether oxygens (including phenoxy) is 1. The van der Waals surface area contributed by atoms with Gasteiger partial charge in [0.1, 0.15) is 12.0 Å². The van der Waals surface area contributed by atoms with Gasteiger partial charge in [-0.25, -0.2) is 4.98 Å². The summed E-state index contributed by atoms with van der Waals surface area (Å²) in [5, 5.41) is 13.3. The Kier molecular flexibility index (Phi) is 16.3. The van der Waals surface area contributed by atoms with Gasteiger partial charge in [0.2, 0.25) is 6.41 Å². The third-order valence-electron chi connectivity index (χ3n) is 7.01. The van der Waals surface area contributed by atoms with Gasteiger partial charge in [0.25, 0.3) is 5.91 Å². The zero-order valence-electron chi connectivity index (χ0n) is 26.7. The molecule has 0 spiro atoms. The van der Waals surface area contributed by atoms with Gasteiger partial charge in [0.15, 0.2) is 0 Å². The molecule has 0 fully saturated rings. The van der Waals surface area contributed by atoms with Gasteiger partial charge in [-0.1, -0.05) is 56.7 Å². The number of carbonyl (C=O) groups excluding carboxylic acids is 3. The van der Waals surface area contributed by atoms with E-state index in [1.807, 2.05) is 56.4 Å². The van der Waals surface area contributed by atoms with Crippen molar-refractivity contribution < 1.29 is 37.4 Å². The number of nitrogens with one attached hydrogen (secondary N) is 2. The van der Waals surface area contributed by atoms with Gasteiger partial charge in [-0.15, -0.1) is 24.5 Å². The third kappa shape index (κ3) is 13.0. The lowest BCUT2D eigenvalue weighted by molar-refractivity contribution is -0.274. The smallest absolute Gasteiger partial charge is 0.406 e. The van der Waals surface area contributed by atoms with E-state index in [4.69, 9.17) is 5.11 Å².